The van der Waals surface area contributed by atoms with E-state index in [1.165, 1.54) is 0 Å². The molecule has 1 N–H and O–H groups in total. The molecule has 1 amide bonds. The molecule has 0 fully saturated rings. The van der Waals surface area contributed by atoms with Crippen molar-refractivity contribution in [3.63, 3.8) is 0 Å². The van der Waals surface area contributed by atoms with Crippen molar-refractivity contribution in [1.82, 2.24) is 5.32 Å². The topological polar surface area (TPSA) is 38.3 Å². The van der Waals surface area contributed by atoms with Gasteiger partial charge in [0.25, 0.3) is 0 Å². The third-order valence-corrected chi connectivity index (χ3v) is 4.18. The van der Waals surface area contributed by atoms with Gasteiger partial charge in [0, 0.05) is 16.4 Å². The second kappa shape index (κ2) is 7.45. The van der Waals surface area contributed by atoms with Crippen LogP contribution < -0.4 is 5.32 Å². The van der Waals surface area contributed by atoms with Crippen LogP contribution in [0.15, 0.2) is 59.1 Å². The van der Waals surface area contributed by atoms with Crippen LogP contribution in [0, 0.1) is 0 Å². The predicted octanol–water partition coefficient (Wildman–Crippen LogP) is 4.65. The van der Waals surface area contributed by atoms with Crippen LogP contribution in [0.4, 0.5) is 4.79 Å². The van der Waals surface area contributed by atoms with E-state index >= 15 is 0 Å². The smallest absolute Gasteiger partial charge is 0.407 e. The van der Waals surface area contributed by atoms with Crippen LogP contribution >= 0.6 is 15.9 Å². The fraction of sp³-hybridized carbons (Fsp3) is 0.278. The highest BCUT2D eigenvalue weighted by molar-refractivity contribution is 9.10. The first-order chi connectivity index (χ1) is 10.5. The Morgan fingerprint density at radius 1 is 1.09 bits per heavy atom. The molecule has 0 aliphatic carbocycles. The Bertz CT molecular complexity index is 626. The first-order valence-electron chi connectivity index (χ1n) is 7.18. The Labute approximate surface area is 139 Å². The molecule has 0 aromatic heterocycles. The van der Waals surface area contributed by atoms with Gasteiger partial charge in [0.2, 0.25) is 0 Å². The van der Waals surface area contributed by atoms with Crippen LogP contribution in [-0.4, -0.2) is 12.6 Å². The van der Waals surface area contributed by atoms with Gasteiger partial charge in [-0.1, -0.05) is 78.3 Å². The quantitative estimate of drug-likeness (QED) is 0.841. The zero-order valence-electron chi connectivity index (χ0n) is 12.8. The molecule has 0 aliphatic rings. The number of rotatable bonds is 5. The van der Waals surface area contributed by atoms with Crippen molar-refractivity contribution in [3.05, 3.63) is 70.2 Å². The van der Waals surface area contributed by atoms with E-state index in [1.54, 1.807) is 0 Å². The van der Waals surface area contributed by atoms with Gasteiger partial charge in [0.1, 0.15) is 6.61 Å². The molecule has 0 atom stereocenters. The number of ether oxygens (including phenoxy) is 1. The summed E-state index contributed by atoms with van der Waals surface area (Å²) in [7, 11) is 0. The first-order valence-corrected chi connectivity index (χ1v) is 7.98. The van der Waals surface area contributed by atoms with Crippen LogP contribution in [0.2, 0.25) is 0 Å². The molecule has 0 heterocycles. The van der Waals surface area contributed by atoms with E-state index in [2.05, 4.69) is 41.2 Å². The van der Waals surface area contributed by atoms with Crippen molar-refractivity contribution in [3.8, 4) is 0 Å². The fourth-order valence-corrected chi connectivity index (χ4v) is 2.99. The Kier molecular flexibility index (Phi) is 5.61. The van der Waals surface area contributed by atoms with Crippen molar-refractivity contribution < 1.29 is 9.53 Å². The summed E-state index contributed by atoms with van der Waals surface area (Å²) in [5.74, 6) is 0. The molecule has 3 nitrogen and oxygen atoms in total. The normalized spacial score (nSPS) is 11.0. The van der Waals surface area contributed by atoms with E-state index in [-0.39, 0.29) is 12.0 Å². The zero-order valence-corrected chi connectivity index (χ0v) is 14.4. The number of carbonyl (C=O) groups excluding carboxylic acids is 1. The van der Waals surface area contributed by atoms with Gasteiger partial charge in [-0.05, 0) is 17.2 Å². The summed E-state index contributed by atoms with van der Waals surface area (Å²) >= 11 is 3.56. The Morgan fingerprint density at radius 2 is 1.73 bits per heavy atom. The lowest BCUT2D eigenvalue weighted by Gasteiger charge is -2.26. The average Bonchev–Trinajstić information content (AvgIpc) is 2.52. The molecule has 0 spiro atoms. The van der Waals surface area contributed by atoms with Crippen LogP contribution in [-0.2, 0) is 16.8 Å². The molecule has 0 bridgehead atoms. The van der Waals surface area contributed by atoms with E-state index in [0.29, 0.717) is 6.54 Å². The maximum absolute atomic E-state index is 11.8. The largest absolute Gasteiger partial charge is 0.445 e. The molecule has 0 unspecified atom stereocenters. The van der Waals surface area contributed by atoms with E-state index < -0.39 is 6.09 Å². The standard InChI is InChI=1S/C18H20BrNO2/c1-18(2,15-10-6-7-11-16(15)19)13-20-17(21)22-12-14-8-4-3-5-9-14/h3-11H,12-13H2,1-2H3,(H,20,21). The van der Waals surface area contributed by atoms with Crippen LogP contribution in [0.1, 0.15) is 25.0 Å². The molecule has 2 rings (SSSR count). The third-order valence-electron chi connectivity index (χ3n) is 3.49. The lowest BCUT2D eigenvalue weighted by molar-refractivity contribution is 0.137. The number of halogens is 1. The van der Waals surface area contributed by atoms with Crippen LogP contribution in [0.5, 0.6) is 0 Å². The van der Waals surface area contributed by atoms with E-state index in [9.17, 15) is 4.79 Å². The third kappa shape index (κ3) is 4.60. The van der Waals surface area contributed by atoms with Crippen molar-refractivity contribution in [2.45, 2.75) is 25.9 Å². The van der Waals surface area contributed by atoms with E-state index in [1.807, 2.05) is 48.5 Å². The summed E-state index contributed by atoms with van der Waals surface area (Å²) in [6, 6.07) is 17.7. The predicted molar refractivity (Wildman–Crippen MR) is 91.8 cm³/mol. The Balaban J connectivity index is 1.86. The second-order valence-corrected chi connectivity index (χ2v) is 6.63. The zero-order chi connectivity index (χ0) is 16.0. The molecule has 0 saturated heterocycles. The number of hydrogen-bond donors (Lipinski definition) is 1. The Morgan fingerprint density at radius 3 is 2.41 bits per heavy atom. The van der Waals surface area contributed by atoms with Gasteiger partial charge in [-0.3, -0.25) is 0 Å². The van der Waals surface area contributed by atoms with Crippen LogP contribution in [0.3, 0.4) is 0 Å². The SMILES string of the molecule is CC(C)(CNC(=O)OCc1ccccc1)c1ccccc1Br. The van der Waals surface area contributed by atoms with Gasteiger partial charge in [0.15, 0.2) is 0 Å². The van der Waals surface area contributed by atoms with Crippen molar-refractivity contribution in [1.29, 1.82) is 0 Å². The first kappa shape index (κ1) is 16.6. The highest BCUT2D eigenvalue weighted by Crippen LogP contribution is 2.29. The van der Waals surface area contributed by atoms with Crippen molar-refractivity contribution in [2.24, 2.45) is 0 Å². The molecule has 4 heteroatoms. The molecule has 2 aromatic rings. The molecule has 2 aromatic carbocycles. The van der Waals surface area contributed by atoms with Gasteiger partial charge in [-0.2, -0.15) is 0 Å². The number of nitrogens with one attached hydrogen (secondary N) is 1. The second-order valence-electron chi connectivity index (χ2n) is 5.78. The molecule has 116 valence electrons. The maximum atomic E-state index is 11.8. The molecular formula is C18H20BrNO2. The van der Waals surface area contributed by atoms with Crippen molar-refractivity contribution >= 4 is 22.0 Å². The number of alkyl carbamates (subject to hydrolysis) is 1. The molecule has 0 radical (unpaired) electrons. The molecule has 0 saturated carbocycles. The number of hydrogen-bond acceptors (Lipinski definition) is 2. The van der Waals surface area contributed by atoms with Crippen molar-refractivity contribution in [2.75, 3.05) is 6.54 Å². The minimum Gasteiger partial charge on any atom is -0.445 e. The van der Waals surface area contributed by atoms with Gasteiger partial charge in [-0.25, -0.2) is 4.79 Å². The minimum atomic E-state index is -0.399. The van der Waals surface area contributed by atoms with Gasteiger partial charge in [0.05, 0.1) is 0 Å². The van der Waals surface area contributed by atoms with Gasteiger partial charge >= 0.3 is 6.09 Å². The number of benzene rings is 2. The maximum Gasteiger partial charge on any atom is 0.407 e. The number of amides is 1. The number of carbonyl (C=O) groups is 1. The highest BCUT2D eigenvalue weighted by atomic mass is 79.9. The molecular weight excluding hydrogens is 342 g/mol. The fourth-order valence-electron chi connectivity index (χ4n) is 2.17. The Hall–Kier alpha value is -1.81. The van der Waals surface area contributed by atoms with E-state index in [0.717, 1.165) is 15.6 Å². The summed E-state index contributed by atoms with van der Waals surface area (Å²) in [6.07, 6.45) is -0.399. The summed E-state index contributed by atoms with van der Waals surface area (Å²) < 4.78 is 6.27. The summed E-state index contributed by atoms with van der Waals surface area (Å²) in [6.45, 7) is 4.96. The van der Waals surface area contributed by atoms with Gasteiger partial charge < -0.3 is 10.1 Å². The minimum absolute atomic E-state index is 0.189. The lowest BCUT2D eigenvalue weighted by Crippen LogP contribution is -2.37. The van der Waals surface area contributed by atoms with Crippen LogP contribution in [0.25, 0.3) is 0 Å². The average molecular weight is 362 g/mol. The molecule has 22 heavy (non-hydrogen) atoms. The molecule has 0 aliphatic heterocycles. The summed E-state index contributed by atoms with van der Waals surface area (Å²) in [4.78, 5) is 11.8. The summed E-state index contributed by atoms with van der Waals surface area (Å²) in [5.41, 5.74) is 1.94. The highest BCUT2D eigenvalue weighted by Gasteiger charge is 2.23. The monoisotopic (exact) mass is 361 g/mol. The summed E-state index contributed by atoms with van der Waals surface area (Å²) in [5, 5.41) is 2.84. The van der Waals surface area contributed by atoms with E-state index in [4.69, 9.17) is 4.74 Å². The lowest BCUT2D eigenvalue weighted by atomic mass is 9.85. The van der Waals surface area contributed by atoms with Gasteiger partial charge in [-0.15, -0.1) is 0 Å².